The highest BCUT2D eigenvalue weighted by Gasteiger charge is 2.39. The monoisotopic (exact) mass is 264 g/mol. The molecule has 0 aliphatic carbocycles. The molecule has 0 radical (unpaired) electrons. The summed E-state index contributed by atoms with van der Waals surface area (Å²) in [6.45, 7) is 4.82. The number of hydrogen-bond acceptors (Lipinski definition) is 5. The van der Waals surface area contributed by atoms with Crippen LogP contribution >= 0.6 is 0 Å². The first-order valence-corrected chi connectivity index (χ1v) is 6.56. The van der Waals surface area contributed by atoms with E-state index in [0.29, 0.717) is 18.7 Å². The highest BCUT2D eigenvalue weighted by atomic mass is 16.3. The number of hydrogen-bond donors (Lipinski definition) is 2. The van der Waals surface area contributed by atoms with Crippen molar-refractivity contribution in [3.63, 3.8) is 0 Å². The SMILES string of the molecule is CCc1cc(N2CCCC(O)(C(N)=O)C2)nc(C)n1. The maximum Gasteiger partial charge on any atom is 0.251 e. The number of rotatable bonds is 3. The molecule has 2 rings (SSSR count). The summed E-state index contributed by atoms with van der Waals surface area (Å²) < 4.78 is 0. The molecule has 1 aliphatic heterocycles. The van der Waals surface area contributed by atoms with E-state index in [9.17, 15) is 9.90 Å². The van der Waals surface area contributed by atoms with Gasteiger partial charge in [-0.2, -0.15) is 0 Å². The average Bonchev–Trinajstić information content (AvgIpc) is 2.38. The van der Waals surface area contributed by atoms with E-state index >= 15 is 0 Å². The van der Waals surface area contributed by atoms with Gasteiger partial charge in [-0.3, -0.25) is 4.79 Å². The molecule has 1 aromatic rings. The number of aliphatic hydroxyl groups is 1. The molecule has 104 valence electrons. The van der Waals surface area contributed by atoms with Gasteiger partial charge >= 0.3 is 0 Å². The minimum Gasteiger partial charge on any atom is -0.378 e. The Bertz CT molecular complexity index is 492. The van der Waals surface area contributed by atoms with Gasteiger partial charge in [0.1, 0.15) is 11.6 Å². The lowest BCUT2D eigenvalue weighted by molar-refractivity contribution is -0.137. The van der Waals surface area contributed by atoms with Crippen LogP contribution in [0.25, 0.3) is 0 Å². The fourth-order valence-corrected chi connectivity index (χ4v) is 2.39. The second-order valence-corrected chi connectivity index (χ2v) is 5.04. The third-order valence-corrected chi connectivity index (χ3v) is 3.49. The number of nitrogens with two attached hydrogens (primary N) is 1. The molecule has 3 N–H and O–H groups in total. The van der Waals surface area contributed by atoms with Crippen LogP contribution in [0.15, 0.2) is 6.07 Å². The van der Waals surface area contributed by atoms with E-state index < -0.39 is 11.5 Å². The van der Waals surface area contributed by atoms with E-state index in [1.54, 1.807) is 0 Å². The van der Waals surface area contributed by atoms with Crippen molar-refractivity contribution in [2.24, 2.45) is 5.73 Å². The largest absolute Gasteiger partial charge is 0.378 e. The predicted octanol–water partition coefficient (Wildman–Crippen LogP) is 0.164. The second kappa shape index (κ2) is 5.13. The molecule has 0 aromatic carbocycles. The van der Waals surface area contributed by atoms with Gasteiger partial charge < -0.3 is 15.7 Å². The topological polar surface area (TPSA) is 92.3 Å². The van der Waals surface area contributed by atoms with Crippen molar-refractivity contribution in [2.75, 3.05) is 18.0 Å². The zero-order chi connectivity index (χ0) is 14.0. The molecule has 1 fully saturated rings. The van der Waals surface area contributed by atoms with E-state index in [1.165, 1.54) is 0 Å². The Labute approximate surface area is 112 Å². The molecule has 0 saturated carbocycles. The zero-order valence-electron chi connectivity index (χ0n) is 11.4. The van der Waals surface area contributed by atoms with Crippen molar-refractivity contribution in [3.05, 3.63) is 17.6 Å². The number of aromatic nitrogens is 2. The van der Waals surface area contributed by atoms with Crippen molar-refractivity contribution < 1.29 is 9.90 Å². The van der Waals surface area contributed by atoms with Gasteiger partial charge in [0, 0.05) is 18.3 Å². The van der Waals surface area contributed by atoms with E-state index in [4.69, 9.17) is 5.73 Å². The first kappa shape index (κ1) is 13.7. The number of carbonyl (C=O) groups excluding carboxylic acids is 1. The summed E-state index contributed by atoms with van der Waals surface area (Å²) in [5.74, 6) is 0.782. The fraction of sp³-hybridized carbons (Fsp3) is 0.615. The third kappa shape index (κ3) is 2.84. The summed E-state index contributed by atoms with van der Waals surface area (Å²) in [7, 11) is 0. The molecule has 6 nitrogen and oxygen atoms in total. The van der Waals surface area contributed by atoms with Gasteiger partial charge in [0.2, 0.25) is 0 Å². The van der Waals surface area contributed by atoms with Crippen molar-refractivity contribution in [2.45, 2.75) is 38.7 Å². The lowest BCUT2D eigenvalue weighted by Gasteiger charge is -2.37. The fourth-order valence-electron chi connectivity index (χ4n) is 2.39. The normalized spacial score (nSPS) is 23.4. The second-order valence-electron chi connectivity index (χ2n) is 5.04. The molecule has 0 spiro atoms. The van der Waals surface area contributed by atoms with E-state index in [0.717, 1.165) is 24.5 Å². The summed E-state index contributed by atoms with van der Waals surface area (Å²) in [4.78, 5) is 22.0. The quantitative estimate of drug-likeness (QED) is 0.811. The summed E-state index contributed by atoms with van der Waals surface area (Å²) in [5, 5.41) is 10.2. The van der Waals surface area contributed by atoms with Crippen LogP contribution in [-0.2, 0) is 11.2 Å². The highest BCUT2D eigenvalue weighted by molar-refractivity contribution is 5.84. The number of piperidine rings is 1. The van der Waals surface area contributed by atoms with Crippen LogP contribution in [0, 0.1) is 6.92 Å². The molecule has 1 unspecified atom stereocenters. The molecule has 1 aromatic heterocycles. The van der Waals surface area contributed by atoms with Crippen LogP contribution in [0.3, 0.4) is 0 Å². The highest BCUT2D eigenvalue weighted by Crippen LogP contribution is 2.25. The molecule has 1 amide bonds. The number of amides is 1. The lowest BCUT2D eigenvalue weighted by Crippen LogP contribution is -2.56. The van der Waals surface area contributed by atoms with Crippen molar-refractivity contribution >= 4 is 11.7 Å². The molecular weight excluding hydrogens is 244 g/mol. The Morgan fingerprint density at radius 1 is 1.58 bits per heavy atom. The van der Waals surface area contributed by atoms with Gasteiger partial charge in [0.05, 0.1) is 6.54 Å². The molecule has 0 bridgehead atoms. The Kier molecular flexibility index (Phi) is 3.71. The standard InChI is InChI=1S/C13H20N4O2/c1-3-10-7-11(16-9(2)15-10)17-6-4-5-13(19,8-17)12(14)18/h7,19H,3-6,8H2,1-2H3,(H2,14,18). The number of aryl methyl sites for hydroxylation is 2. The van der Waals surface area contributed by atoms with Gasteiger partial charge in [-0.1, -0.05) is 6.92 Å². The van der Waals surface area contributed by atoms with Crippen LogP contribution in [0.4, 0.5) is 5.82 Å². The van der Waals surface area contributed by atoms with Gasteiger partial charge in [-0.05, 0) is 26.2 Å². The number of primary amides is 1. The number of β-amino-alcohol motifs (C(OH)–C–C–N with tert-alkyl or cyclic N) is 1. The summed E-state index contributed by atoms with van der Waals surface area (Å²) in [6.07, 6.45) is 1.94. The van der Waals surface area contributed by atoms with E-state index in [2.05, 4.69) is 9.97 Å². The van der Waals surface area contributed by atoms with Gasteiger partial charge in [-0.25, -0.2) is 9.97 Å². The molecule has 1 saturated heterocycles. The van der Waals surface area contributed by atoms with Gasteiger partial charge in [0.25, 0.3) is 5.91 Å². The van der Waals surface area contributed by atoms with Crippen LogP contribution in [-0.4, -0.2) is 39.7 Å². The molecule has 19 heavy (non-hydrogen) atoms. The van der Waals surface area contributed by atoms with Gasteiger partial charge in [-0.15, -0.1) is 0 Å². The van der Waals surface area contributed by atoms with E-state index in [-0.39, 0.29) is 6.54 Å². The Hall–Kier alpha value is -1.69. The maximum absolute atomic E-state index is 11.4. The minimum absolute atomic E-state index is 0.196. The lowest BCUT2D eigenvalue weighted by atomic mass is 9.92. The first-order chi connectivity index (χ1) is 8.94. The molecule has 1 atom stereocenters. The minimum atomic E-state index is -1.45. The molecule has 6 heteroatoms. The van der Waals surface area contributed by atoms with Crippen molar-refractivity contribution in [3.8, 4) is 0 Å². The Balaban J connectivity index is 2.26. The Morgan fingerprint density at radius 2 is 2.32 bits per heavy atom. The summed E-state index contributed by atoms with van der Waals surface area (Å²) in [5.41, 5.74) is 4.78. The van der Waals surface area contributed by atoms with Crippen LogP contribution in [0.5, 0.6) is 0 Å². The summed E-state index contributed by atoms with van der Waals surface area (Å²) in [6, 6.07) is 1.90. The predicted molar refractivity (Wildman–Crippen MR) is 71.7 cm³/mol. The van der Waals surface area contributed by atoms with Crippen LogP contribution in [0.1, 0.15) is 31.3 Å². The maximum atomic E-state index is 11.4. The van der Waals surface area contributed by atoms with E-state index in [1.807, 2.05) is 24.8 Å². The van der Waals surface area contributed by atoms with Gasteiger partial charge in [0.15, 0.2) is 5.60 Å². The average molecular weight is 264 g/mol. The molecule has 1 aliphatic rings. The first-order valence-electron chi connectivity index (χ1n) is 6.56. The van der Waals surface area contributed by atoms with Crippen LogP contribution < -0.4 is 10.6 Å². The Morgan fingerprint density at radius 3 is 2.95 bits per heavy atom. The number of carbonyl (C=O) groups is 1. The third-order valence-electron chi connectivity index (χ3n) is 3.49. The number of nitrogens with zero attached hydrogens (tertiary/aromatic N) is 3. The summed E-state index contributed by atoms with van der Waals surface area (Å²) >= 11 is 0. The van der Waals surface area contributed by atoms with Crippen LogP contribution in [0.2, 0.25) is 0 Å². The molecule has 2 heterocycles. The zero-order valence-corrected chi connectivity index (χ0v) is 11.4. The van der Waals surface area contributed by atoms with Crippen molar-refractivity contribution in [1.82, 2.24) is 9.97 Å². The van der Waals surface area contributed by atoms with Crippen molar-refractivity contribution in [1.29, 1.82) is 0 Å². The molecular formula is C13H20N4O2. The smallest absolute Gasteiger partial charge is 0.251 e. The number of anilines is 1.